The molecule has 1 heterocycles. The predicted octanol–water partition coefficient (Wildman–Crippen LogP) is 2.44. The lowest BCUT2D eigenvalue weighted by molar-refractivity contribution is -0.135. The molecule has 0 saturated heterocycles. The van der Waals surface area contributed by atoms with Crippen molar-refractivity contribution in [1.29, 1.82) is 0 Å². The van der Waals surface area contributed by atoms with E-state index in [9.17, 15) is 19.5 Å². The maximum absolute atomic E-state index is 12.9. The van der Waals surface area contributed by atoms with Crippen LogP contribution in [0, 0.1) is 0 Å². The quantitative estimate of drug-likeness (QED) is 0.608. The molecule has 142 valence electrons. The van der Waals surface area contributed by atoms with Gasteiger partial charge in [-0.05, 0) is 55.0 Å². The third kappa shape index (κ3) is 3.75. The minimum Gasteiger partial charge on any atom is -0.508 e. The van der Waals surface area contributed by atoms with E-state index in [1.165, 1.54) is 42.5 Å². The highest BCUT2D eigenvalue weighted by Crippen LogP contribution is 2.26. The molecule has 1 amide bonds. The summed E-state index contributed by atoms with van der Waals surface area (Å²) in [7, 11) is 0. The Morgan fingerprint density at radius 1 is 1.11 bits per heavy atom. The molecule has 3 rings (SSSR count). The first-order valence-corrected chi connectivity index (χ1v) is 8.35. The van der Waals surface area contributed by atoms with Crippen molar-refractivity contribution >= 4 is 35.3 Å². The Balaban J connectivity index is 2.01. The number of esters is 1. The Morgan fingerprint density at radius 2 is 1.75 bits per heavy atom. The summed E-state index contributed by atoms with van der Waals surface area (Å²) in [6.45, 7) is 1.76. The minimum absolute atomic E-state index is 0.0338. The van der Waals surface area contributed by atoms with Crippen LogP contribution in [0.1, 0.15) is 22.8 Å². The van der Waals surface area contributed by atoms with Crippen molar-refractivity contribution in [3.8, 4) is 5.75 Å². The summed E-state index contributed by atoms with van der Waals surface area (Å²) < 4.78 is 4.99. The van der Waals surface area contributed by atoms with Crippen LogP contribution in [-0.2, 0) is 14.3 Å². The van der Waals surface area contributed by atoms with E-state index in [2.05, 4.69) is 5.10 Å². The predicted molar refractivity (Wildman–Crippen MR) is 101 cm³/mol. The number of phenols is 1. The molecule has 0 saturated carbocycles. The number of benzene rings is 2. The van der Waals surface area contributed by atoms with E-state index in [0.29, 0.717) is 11.3 Å². The van der Waals surface area contributed by atoms with Gasteiger partial charge in [0.25, 0.3) is 5.91 Å². The molecule has 0 fully saturated rings. The number of carboxylic acids is 1. The second-order valence-corrected chi connectivity index (χ2v) is 5.79. The molecule has 2 aromatic carbocycles. The number of hydrazone groups is 1. The van der Waals surface area contributed by atoms with Crippen LogP contribution in [0.2, 0.25) is 0 Å². The number of hydrogen-bond acceptors (Lipinski definition) is 6. The summed E-state index contributed by atoms with van der Waals surface area (Å²) in [5.41, 5.74) is 0.839. The molecule has 8 nitrogen and oxygen atoms in total. The lowest BCUT2D eigenvalue weighted by atomic mass is 10.1. The van der Waals surface area contributed by atoms with Crippen molar-refractivity contribution in [3.63, 3.8) is 0 Å². The Labute approximate surface area is 160 Å². The Morgan fingerprint density at radius 3 is 2.32 bits per heavy atom. The van der Waals surface area contributed by atoms with E-state index in [-0.39, 0.29) is 29.2 Å². The number of nitrogens with zero attached hydrogens (tertiary/aromatic N) is 2. The van der Waals surface area contributed by atoms with Gasteiger partial charge < -0.3 is 14.9 Å². The van der Waals surface area contributed by atoms with E-state index in [1.54, 1.807) is 19.1 Å². The van der Waals surface area contributed by atoms with Gasteiger partial charge in [0.2, 0.25) is 0 Å². The van der Waals surface area contributed by atoms with Crippen molar-refractivity contribution in [3.05, 3.63) is 65.2 Å². The molecular formula is C20H16N2O6. The van der Waals surface area contributed by atoms with E-state index in [1.807, 2.05) is 0 Å². The van der Waals surface area contributed by atoms with Gasteiger partial charge in [0.15, 0.2) is 5.71 Å². The number of ether oxygens (including phenoxy) is 1. The first kappa shape index (κ1) is 18.8. The van der Waals surface area contributed by atoms with Gasteiger partial charge >= 0.3 is 11.9 Å². The van der Waals surface area contributed by atoms with Gasteiger partial charge in [-0.15, -0.1) is 0 Å². The number of anilines is 1. The number of carboxylic acid groups (broad SMARTS) is 1. The zero-order valence-electron chi connectivity index (χ0n) is 14.8. The lowest BCUT2D eigenvalue weighted by Crippen LogP contribution is -2.23. The monoisotopic (exact) mass is 380 g/mol. The maximum Gasteiger partial charge on any atom is 0.359 e. The number of hydrogen-bond donors (Lipinski definition) is 2. The van der Waals surface area contributed by atoms with Crippen LogP contribution in [-0.4, -0.2) is 40.4 Å². The van der Waals surface area contributed by atoms with Gasteiger partial charge in [-0.2, -0.15) is 10.1 Å². The maximum atomic E-state index is 12.9. The summed E-state index contributed by atoms with van der Waals surface area (Å²) in [5, 5.41) is 23.5. The summed E-state index contributed by atoms with van der Waals surface area (Å²) in [6, 6.07) is 11.6. The molecule has 2 N–H and O–H groups in total. The van der Waals surface area contributed by atoms with Crippen LogP contribution in [0.5, 0.6) is 5.75 Å². The van der Waals surface area contributed by atoms with Crippen molar-refractivity contribution in [2.24, 2.45) is 5.10 Å². The Hall–Kier alpha value is -3.94. The number of aromatic hydroxyl groups is 1. The fourth-order valence-electron chi connectivity index (χ4n) is 2.55. The van der Waals surface area contributed by atoms with Crippen LogP contribution < -0.4 is 5.01 Å². The van der Waals surface area contributed by atoms with Crippen molar-refractivity contribution in [2.75, 3.05) is 11.6 Å². The molecule has 0 aliphatic carbocycles. The fourth-order valence-corrected chi connectivity index (χ4v) is 2.55. The molecule has 8 heteroatoms. The van der Waals surface area contributed by atoms with Crippen LogP contribution in [0.4, 0.5) is 5.69 Å². The average molecular weight is 380 g/mol. The van der Waals surface area contributed by atoms with E-state index in [0.717, 1.165) is 5.01 Å². The number of aromatic carboxylic acids is 1. The summed E-state index contributed by atoms with van der Waals surface area (Å²) >= 11 is 0. The van der Waals surface area contributed by atoms with Crippen molar-refractivity contribution in [2.45, 2.75) is 6.92 Å². The summed E-state index contributed by atoms with van der Waals surface area (Å²) in [5.74, 6) is -2.33. The van der Waals surface area contributed by atoms with E-state index >= 15 is 0 Å². The van der Waals surface area contributed by atoms with Gasteiger partial charge in [-0.3, -0.25) is 4.79 Å². The number of phenolic OH excluding ortho intramolecular Hbond substituents is 1. The molecule has 1 aliphatic heterocycles. The van der Waals surface area contributed by atoms with E-state index in [4.69, 9.17) is 9.84 Å². The molecule has 0 atom stereocenters. The molecule has 0 radical (unpaired) electrons. The second-order valence-electron chi connectivity index (χ2n) is 5.79. The van der Waals surface area contributed by atoms with Gasteiger partial charge in [-0.25, -0.2) is 9.59 Å². The van der Waals surface area contributed by atoms with Crippen molar-refractivity contribution in [1.82, 2.24) is 0 Å². The van der Waals surface area contributed by atoms with Crippen LogP contribution in [0.25, 0.3) is 6.08 Å². The molecule has 0 unspecified atom stereocenters. The van der Waals surface area contributed by atoms with Gasteiger partial charge in [-0.1, -0.05) is 12.1 Å². The lowest BCUT2D eigenvalue weighted by Gasteiger charge is -2.11. The third-order valence-corrected chi connectivity index (χ3v) is 3.91. The minimum atomic E-state index is -1.09. The zero-order chi connectivity index (χ0) is 20.3. The number of amides is 1. The van der Waals surface area contributed by atoms with Crippen LogP contribution in [0.15, 0.2) is 59.2 Å². The Bertz CT molecular complexity index is 990. The molecular weight excluding hydrogens is 364 g/mol. The molecule has 1 aliphatic rings. The summed E-state index contributed by atoms with van der Waals surface area (Å²) in [6.07, 6.45) is 1.48. The first-order valence-electron chi connectivity index (χ1n) is 8.35. The highest BCUT2D eigenvalue weighted by molar-refractivity contribution is 6.54. The van der Waals surface area contributed by atoms with Crippen molar-refractivity contribution < 1.29 is 29.3 Å². The van der Waals surface area contributed by atoms with E-state index < -0.39 is 17.8 Å². The molecule has 28 heavy (non-hydrogen) atoms. The molecule has 0 spiro atoms. The standard InChI is InChI=1S/C20H16N2O6/c1-2-28-20(27)17-16(11-12-3-9-15(23)10-4-12)18(24)22(21-17)14-7-5-13(6-8-14)19(25)26/h3-11,23H,2H2,1H3,(H,25,26)/b16-11+. The number of carbonyl (C=O) groups is 3. The van der Waals surface area contributed by atoms with Gasteiger partial charge in [0.05, 0.1) is 23.4 Å². The SMILES string of the molecule is CCOC(=O)C1=NN(c2ccc(C(=O)O)cc2)C(=O)/C1=C/c1ccc(O)cc1. The number of rotatable bonds is 5. The van der Waals surface area contributed by atoms with Crippen LogP contribution in [0.3, 0.4) is 0 Å². The normalized spacial score (nSPS) is 14.9. The smallest absolute Gasteiger partial charge is 0.359 e. The highest BCUT2D eigenvalue weighted by atomic mass is 16.5. The van der Waals surface area contributed by atoms with Gasteiger partial charge in [0, 0.05) is 0 Å². The average Bonchev–Trinajstić information content (AvgIpc) is 3.00. The van der Waals surface area contributed by atoms with Crippen LogP contribution >= 0.6 is 0 Å². The van der Waals surface area contributed by atoms with Gasteiger partial charge in [0.1, 0.15) is 5.75 Å². The largest absolute Gasteiger partial charge is 0.508 e. The molecule has 0 bridgehead atoms. The fraction of sp³-hybridized carbons (Fsp3) is 0.100. The molecule has 0 aromatic heterocycles. The summed E-state index contributed by atoms with van der Waals surface area (Å²) in [4.78, 5) is 36.2. The molecule has 2 aromatic rings. The topological polar surface area (TPSA) is 117 Å². The third-order valence-electron chi connectivity index (χ3n) is 3.91. The number of carbonyl (C=O) groups excluding carboxylic acids is 2. The first-order chi connectivity index (χ1) is 13.4. The Kier molecular flexibility index (Phi) is 5.21. The second kappa shape index (κ2) is 7.75. The zero-order valence-corrected chi connectivity index (χ0v) is 14.8. The highest BCUT2D eigenvalue weighted by Gasteiger charge is 2.36.